The summed E-state index contributed by atoms with van der Waals surface area (Å²) in [5.41, 5.74) is 7.06. The minimum absolute atomic E-state index is 0.175. The zero-order valence-electron chi connectivity index (χ0n) is 19.6. The molecule has 0 saturated carbocycles. The molecule has 1 atom stereocenters. The van der Waals surface area contributed by atoms with Gasteiger partial charge < -0.3 is 4.90 Å². The topological polar surface area (TPSA) is 23.6 Å². The molecule has 1 aliphatic heterocycles. The van der Waals surface area contributed by atoms with Crippen LogP contribution in [-0.2, 0) is 11.2 Å². The number of hydrogen-bond acceptors (Lipinski definition) is 2. The first-order valence-electron chi connectivity index (χ1n) is 11.8. The van der Waals surface area contributed by atoms with E-state index in [4.69, 9.17) is 0 Å². The molecule has 1 fully saturated rings. The van der Waals surface area contributed by atoms with Gasteiger partial charge in [-0.1, -0.05) is 66.2 Å². The number of likely N-dealkylation sites (tertiary alicyclic amines) is 1. The second kappa shape index (κ2) is 10.1. The van der Waals surface area contributed by atoms with E-state index in [9.17, 15) is 4.79 Å². The van der Waals surface area contributed by atoms with Crippen molar-refractivity contribution in [2.75, 3.05) is 24.5 Å². The van der Waals surface area contributed by atoms with Crippen LogP contribution in [0.25, 0.3) is 0 Å². The monoisotopic (exact) mass is 426 g/mol. The number of carbonyl (C=O) groups excluding carboxylic acids is 1. The lowest BCUT2D eigenvalue weighted by Crippen LogP contribution is -2.43. The Kier molecular flexibility index (Phi) is 7.06. The van der Waals surface area contributed by atoms with Crippen LogP contribution in [0.5, 0.6) is 0 Å². The Balaban J connectivity index is 1.68. The van der Waals surface area contributed by atoms with Gasteiger partial charge in [0.15, 0.2) is 0 Å². The molecular weight excluding hydrogens is 392 g/mol. The molecule has 1 saturated heterocycles. The Bertz CT molecular complexity index is 1040. The molecule has 4 rings (SSSR count). The van der Waals surface area contributed by atoms with Gasteiger partial charge in [0.25, 0.3) is 0 Å². The van der Waals surface area contributed by atoms with Crippen molar-refractivity contribution in [3.63, 3.8) is 0 Å². The van der Waals surface area contributed by atoms with Gasteiger partial charge >= 0.3 is 0 Å². The Labute approximate surface area is 192 Å². The Morgan fingerprint density at radius 1 is 0.875 bits per heavy atom. The number of nitrogens with zero attached hydrogens (tertiary/aromatic N) is 2. The molecule has 3 heteroatoms. The third-order valence-corrected chi connectivity index (χ3v) is 6.67. The highest BCUT2D eigenvalue weighted by Gasteiger charge is 2.33. The Morgan fingerprint density at radius 3 is 2.22 bits per heavy atom. The third kappa shape index (κ3) is 5.11. The van der Waals surface area contributed by atoms with Crippen LogP contribution in [0.15, 0.2) is 72.8 Å². The summed E-state index contributed by atoms with van der Waals surface area (Å²) in [4.78, 5) is 18.6. The van der Waals surface area contributed by atoms with Crippen LogP contribution in [0, 0.1) is 20.8 Å². The smallest absolute Gasteiger partial charge is 0.248 e. The number of carbonyl (C=O) groups is 1. The van der Waals surface area contributed by atoms with E-state index in [-0.39, 0.29) is 11.9 Å². The molecule has 1 aliphatic rings. The van der Waals surface area contributed by atoms with Crippen molar-refractivity contribution in [2.45, 2.75) is 46.1 Å². The number of rotatable bonds is 7. The summed E-state index contributed by atoms with van der Waals surface area (Å²) in [6.45, 7) is 8.97. The van der Waals surface area contributed by atoms with Gasteiger partial charge in [-0.3, -0.25) is 9.69 Å². The molecule has 166 valence electrons. The predicted molar refractivity (Wildman–Crippen MR) is 133 cm³/mol. The fraction of sp³-hybridized carbons (Fsp3) is 0.345. The summed E-state index contributed by atoms with van der Waals surface area (Å²) >= 11 is 0. The van der Waals surface area contributed by atoms with E-state index in [0.717, 1.165) is 43.6 Å². The van der Waals surface area contributed by atoms with Crippen LogP contribution in [0.3, 0.4) is 0 Å². The number of amides is 1. The predicted octanol–water partition coefficient (Wildman–Crippen LogP) is 6.02. The standard InChI is InChI=1S/C29H34N2O/c1-22-11-14-25(15-12-22)17-20-31(27-16-13-23(2)24(3)21-27)29(32)28(30-18-7-8-19-30)26-9-5-4-6-10-26/h4-6,9-16,21,28H,7-8,17-20H2,1-3H3. The lowest BCUT2D eigenvalue weighted by Gasteiger charge is -2.33. The number of anilines is 1. The highest BCUT2D eigenvalue weighted by Crippen LogP contribution is 2.30. The lowest BCUT2D eigenvalue weighted by atomic mass is 10.0. The van der Waals surface area contributed by atoms with Crippen LogP contribution in [0.4, 0.5) is 5.69 Å². The van der Waals surface area contributed by atoms with E-state index in [1.54, 1.807) is 0 Å². The van der Waals surface area contributed by atoms with Gasteiger partial charge in [0.1, 0.15) is 6.04 Å². The molecule has 1 unspecified atom stereocenters. The van der Waals surface area contributed by atoms with Gasteiger partial charge in [-0.15, -0.1) is 0 Å². The Morgan fingerprint density at radius 2 is 1.56 bits per heavy atom. The maximum absolute atomic E-state index is 14.2. The second-order valence-electron chi connectivity index (χ2n) is 9.05. The molecule has 0 radical (unpaired) electrons. The number of aryl methyl sites for hydroxylation is 3. The first-order chi connectivity index (χ1) is 15.5. The fourth-order valence-electron chi connectivity index (χ4n) is 4.55. The first-order valence-corrected chi connectivity index (χ1v) is 11.8. The fourth-order valence-corrected chi connectivity index (χ4v) is 4.55. The maximum Gasteiger partial charge on any atom is 0.248 e. The van der Waals surface area contributed by atoms with E-state index in [2.05, 4.69) is 80.3 Å². The van der Waals surface area contributed by atoms with Gasteiger partial charge in [-0.2, -0.15) is 0 Å². The lowest BCUT2D eigenvalue weighted by molar-refractivity contribution is -0.123. The molecular formula is C29H34N2O. The summed E-state index contributed by atoms with van der Waals surface area (Å²) in [7, 11) is 0. The molecule has 0 spiro atoms. The van der Waals surface area contributed by atoms with E-state index < -0.39 is 0 Å². The minimum Gasteiger partial charge on any atom is -0.310 e. The molecule has 32 heavy (non-hydrogen) atoms. The molecule has 0 aliphatic carbocycles. The van der Waals surface area contributed by atoms with Crippen molar-refractivity contribution in [1.82, 2.24) is 4.90 Å². The average molecular weight is 427 g/mol. The normalized spacial score (nSPS) is 15.0. The molecule has 3 nitrogen and oxygen atoms in total. The molecule has 0 bridgehead atoms. The minimum atomic E-state index is -0.238. The van der Waals surface area contributed by atoms with Gasteiger partial charge in [-0.05, 0) is 87.5 Å². The van der Waals surface area contributed by atoms with E-state index >= 15 is 0 Å². The van der Waals surface area contributed by atoms with Crippen LogP contribution in [0.2, 0.25) is 0 Å². The number of benzene rings is 3. The van der Waals surface area contributed by atoms with Crippen LogP contribution >= 0.6 is 0 Å². The summed E-state index contributed by atoms with van der Waals surface area (Å²) in [5.74, 6) is 0.175. The molecule has 1 heterocycles. The van der Waals surface area contributed by atoms with Crippen molar-refractivity contribution in [1.29, 1.82) is 0 Å². The molecule has 0 N–H and O–H groups in total. The van der Waals surface area contributed by atoms with Crippen molar-refractivity contribution >= 4 is 11.6 Å². The molecule has 3 aromatic carbocycles. The molecule has 1 amide bonds. The van der Waals surface area contributed by atoms with Crippen LogP contribution in [0.1, 0.15) is 46.7 Å². The zero-order valence-corrected chi connectivity index (χ0v) is 19.6. The third-order valence-electron chi connectivity index (χ3n) is 6.67. The van der Waals surface area contributed by atoms with Gasteiger partial charge in [0, 0.05) is 12.2 Å². The van der Waals surface area contributed by atoms with E-state index in [1.807, 2.05) is 23.1 Å². The molecule has 3 aromatic rings. The largest absolute Gasteiger partial charge is 0.310 e. The van der Waals surface area contributed by atoms with E-state index in [0.29, 0.717) is 6.54 Å². The van der Waals surface area contributed by atoms with Crippen molar-refractivity contribution in [2.24, 2.45) is 0 Å². The average Bonchev–Trinajstić information content (AvgIpc) is 3.33. The summed E-state index contributed by atoms with van der Waals surface area (Å²) in [6.07, 6.45) is 3.15. The first kappa shape index (κ1) is 22.3. The summed E-state index contributed by atoms with van der Waals surface area (Å²) in [5, 5.41) is 0. The highest BCUT2D eigenvalue weighted by molar-refractivity contribution is 5.98. The zero-order chi connectivity index (χ0) is 22.5. The number of hydrogen-bond donors (Lipinski definition) is 0. The van der Waals surface area contributed by atoms with Crippen molar-refractivity contribution in [3.8, 4) is 0 Å². The second-order valence-corrected chi connectivity index (χ2v) is 9.05. The van der Waals surface area contributed by atoms with Crippen LogP contribution in [-0.4, -0.2) is 30.4 Å². The van der Waals surface area contributed by atoms with Gasteiger partial charge in [0.05, 0.1) is 0 Å². The quantitative estimate of drug-likeness (QED) is 0.461. The van der Waals surface area contributed by atoms with Gasteiger partial charge in [0.2, 0.25) is 5.91 Å². The SMILES string of the molecule is Cc1ccc(CCN(C(=O)C(c2ccccc2)N2CCCC2)c2ccc(C)c(C)c2)cc1. The van der Waals surface area contributed by atoms with Gasteiger partial charge in [-0.25, -0.2) is 0 Å². The highest BCUT2D eigenvalue weighted by atomic mass is 16.2. The Hall–Kier alpha value is -2.91. The van der Waals surface area contributed by atoms with Crippen molar-refractivity contribution < 1.29 is 4.79 Å². The maximum atomic E-state index is 14.2. The summed E-state index contributed by atoms with van der Waals surface area (Å²) in [6, 6.07) is 25.1. The van der Waals surface area contributed by atoms with E-state index in [1.165, 1.54) is 22.3 Å². The molecule has 0 aromatic heterocycles. The summed E-state index contributed by atoms with van der Waals surface area (Å²) < 4.78 is 0. The van der Waals surface area contributed by atoms with Crippen molar-refractivity contribution in [3.05, 3.63) is 101 Å². The van der Waals surface area contributed by atoms with Crippen LogP contribution < -0.4 is 4.90 Å².